The minimum atomic E-state index is -0.113. The molecule has 4 heterocycles. The van der Waals surface area contributed by atoms with Gasteiger partial charge in [-0.2, -0.15) is 0 Å². The van der Waals surface area contributed by atoms with Crippen LogP contribution >= 0.6 is 11.8 Å². The van der Waals surface area contributed by atoms with Crippen molar-refractivity contribution in [2.45, 2.75) is 38.6 Å². The van der Waals surface area contributed by atoms with Gasteiger partial charge in [0, 0.05) is 37.8 Å². The van der Waals surface area contributed by atoms with E-state index in [1.165, 1.54) is 24.8 Å². The van der Waals surface area contributed by atoms with Crippen molar-refractivity contribution in [1.82, 2.24) is 14.9 Å². The zero-order valence-corrected chi connectivity index (χ0v) is 19.0. The Morgan fingerprint density at radius 1 is 1.03 bits per heavy atom. The van der Waals surface area contributed by atoms with Gasteiger partial charge in [0.25, 0.3) is 0 Å². The third kappa shape index (κ3) is 4.79. The van der Waals surface area contributed by atoms with Gasteiger partial charge in [0.2, 0.25) is 11.1 Å². The highest BCUT2D eigenvalue weighted by molar-refractivity contribution is 8.18. The van der Waals surface area contributed by atoms with Gasteiger partial charge in [0.1, 0.15) is 0 Å². The number of nitrogens with zero attached hydrogens (tertiary/aromatic N) is 4. The Hall–Kier alpha value is -2.51. The minimum Gasteiger partial charge on any atom is -0.340 e. The molecule has 0 saturated carbocycles. The molecule has 5 rings (SSSR count). The Bertz CT molecular complexity index is 1040. The number of carbonyl (C=O) groups excluding carboxylic acids is 2. The number of thioether (sulfide) groups is 1. The number of ketones is 1. The molecule has 1 atom stereocenters. The van der Waals surface area contributed by atoms with E-state index in [2.05, 4.69) is 45.1 Å². The van der Waals surface area contributed by atoms with E-state index in [0.29, 0.717) is 10.6 Å². The van der Waals surface area contributed by atoms with Crippen molar-refractivity contribution >= 4 is 34.7 Å². The number of benzene rings is 1. The van der Waals surface area contributed by atoms with Crippen molar-refractivity contribution < 1.29 is 9.59 Å². The third-order valence-electron chi connectivity index (χ3n) is 6.68. The summed E-state index contributed by atoms with van der Waals surface area (Å²) in [7, 11) is 0. The first-order valence-corrected chi connectivity index (χ1v) is 12.2. The summed E-state index contributed by atoms with van der Waals surface area (Å²) in [5, 5.41) is -0.0918. The average Bonchev–Trinajstić information content (AvgIpc) is 3.11. The molecule has 0 N–H and O–H groups in total. The van der Waals surface area contributed by atoms with Crippen molar-refractivity contribution in [3.05, 3.63) is 58.8 Å². The van der Waals surface area contributed by atoms with Crippen molar-refractivity contribution in [1.29, 1.82) is 0 Å². The second-order valence-electron chi connectivity index (χ2n) is 9.19. The molecule has 1 unspecified atom stereocenters. The predicted molar refractivity (Wildman–Crippen MR) is 127 cm³/mol. The standard InChI is InChI=1S/C25H28N4O2S/c30-21-15-23(31)32-22(21)14-20-8-11-26-24(27-20)29-13-5-10-25(18-29)9-4-12-28(17-25)16-19-6-2-1-3-7-19/h1-3,6-8,11,14H,4-5,9-10,12-13,15-18H2/b22-14-. The lowest BCUT2D eigenvalue weighted by Gasteiger charge is -2.48. The Kier molecular flexibility index (Phi) is 6.11. The number of piperidine rings is 2. The molecule has 6 nitrogen and oxygen atoms in total. The number of rotatable bonds is 4. The van der Waals surface area contributed by atoms with Crippen LogP contribution in [0.1, 0.15) is 43.4 Å². The monoisotopic (exact) mass is 448 g/mol. The van der Waals surface area contributed by atoms with Gasteiger partial charge in [-0.1, -0.05) is 30.3 Å². The molecule has 3 aliphatic heterocycles. The number of anilines is 1. The number of carbonyl (C=O) groups is 2. The zero-order chi connectivity index (χ0) is 22.0. The number of aromatic nitrogens is 2. The molecule has 3 fully saturated rings. The van der Waals surface area contributed by atoms with Gasteiger partial charge in [-0.15, -0.1) is 0 Å². The van der Waals surface area contributed by atoms with Gasteiger partial charge in [-0.3, -0.25) is 14.5 Å². The molecular weight excluding hydrogens is 420 g/mol. The van der Waals surface area contributed by atoms with Crippen LogP contribution in [0.25, 0.3) is 6.08 Å². The van der Waals surface area contributed by atoms with Crippen LogP contribution in [0, 0.1) is 5.41 Å². The summed E-state index contributed by atoms with van der Waals surface area (Å²) in [5.41, 5.74) is 2.33. The van der Waals surface area contributed by atoms with Crippen LogP contribution in [0.2, 0.25) is 0 Å². The third-order valence-corrected chi connectivity index (χ3v) is 7.62. The van der Waals surface area contributed by atoms with Gasteiger partial charge >= 0.3 is 0 Å². The molecule has 32 heavy (non-hydrogen) atoms. The molecule has 0 radical (unpaired) electrons. The van der Waals surface area contributed by atoms with Crippen LogP contribution < -0.4 is 4.90 Å². The molecule has 0 amide bonds. The first kappa shape index (κ1) is 21.3. The molecule has 1 aromatic heterocycles. The molecular formula is C25H28N4O2S. The van der Waals surface area contributed by atoms with E-state index < -0.39 is 0 Å². The first-order valence-electron chi connectivity index (χ1n) is 11.4. The van der Waals surface area contributed by atoms with Gasteiger partial charge in [0.15, 0.2) is 5.78 Å². The van der Waals surface area contributed by atoms with E-state index >= 15 is 0 Å². The number of allylic oxidation sites excluding steroid dienone is 1. The fraction of sp³-hybridized carbons (Fsp3) is 0.440. The summed E-state index contributed by atoms with van der Waals surface area (Å²) in [6, 6.07) is 12.5. The Labute approximate surface area is 193 Å². The van der Waals surface area contributed by atoms with E-state index in [1.807, 2.05) is 0 Å². The molecule has 0 bridgehead atoms. The van der Waals surface area contributed by atoms with Crippen molar-refractivity contribution in [2.24, 2.45) is 5.41 Å². The summed E-state index contributed by atoms with van der Waals surface area (Å²) in [4.78, 5) is 38.2. The van der Waals surface area contributed by atoms with E-state index in [-0.39, 0.29) is 22.7 Å². The van der Waals surface area contributed by atoms with E-state index in [4.69, 9.17) is 4.98 Å². The van der Waals surface area contributed by atoms with E-state index in [0.717, 1.165) is 56.9 Å². The van der Waals surface area contributed by atoms with Crippen LogP contribution in [0.15, 0.2) is 47.5 Å². The van der Waals surface area contributed by atoms with Gasteiger partial charge < -0.3 is 4.90 Å². The van der Waals surface area contributed by atoms with E-state index in [1.54, 1.807) is 18.3 Å². The van der Waals surface area contributed by atoms with Crippen molar-refractivity contribution in [3.8, 4) is 0 Å². The van der Waals surface area contributed by atoms with Gasteiger partial charge in [-0.25, -0.2) is 9.97 Å². The Morgan fingerprint density at radius 3 is 2.62 bits per heavy atom. The smallest absolute Gasteiger partial charge is 0.225 e. The Balaban J connectivity index is 1.30. The summed E-state index contributed by atoms with van der Waals surface area (Å²) < 4.78 is 0. The lowest BCUT2D eigenvalue weighted by molar-refractivity contribution is -0.119. The molecule has 1 spiro atoms. The fourth-order valence-corrected chi connectivity index (χ4v) is 6.09. The summed E-state index contributed by atoms with van der Waals surface area (Å²) >= 11 is 1.02. The number of hydrogen-bond donors (Lipinski definition) is 0. The maximum absolute atomic E-state index is 12.0. The topological polar surface area (TPSA) is 66.4 Å². The highest BCUT2D eigenvalue weighted by Crippen LogP contribution is 2.39. The SMILES string of the molecule is O=C1CC(=O)/C(=C/c2ccnc(N3CCCC4(CCCN(Cc5ccccc5)C4)C3)n2)S1. The average molecular weight is 449 g/mol. The highest BCUT2D eigenvalue weighted by atomic mass is 32.2. The summed E-state index contributed by atoms with van der Waals surface area (Å²) in [6.45, 7) is 5.18. The number of Topliss-reactive ketones (excluding diaryl/α,β-unsaturated/α-hetero) is 1. The van der Waals surface area contributed by atoms with Crippen molar-refractivity contribution in [3.63, 3.8) is 0 Å². The van der Waals surface area contributed by atoms with Gasteiger partial charge in [-0.05, 0) is 61.7 Å². The molecule has 1 aromatic carbocycles. The normalized spacial score (nSPS) is 25.8. The van der Waals surface area contributed by atoms with E-state index in [9.17, 15) is 9.59 Å². The van der Waals surface area contributed by atoms with Crippen LogP contribution in [-0.4, -0.2) is 51.9 Å². The number of likely N-dealkylation sites (tertiary alicyclic amines) is 1. The lowest BCUT2D eigenvalue weighted by Crippen LogP contribution is -2.52. The van der Waals surface area contributed by atoms with Crippen LogP contribution in [0.5, 0.6) is 0 Å². The molecule has 3 aliphatic rings. The number of hydrogen-bond acceptors (Lipinski definition) is 7. The summed E-state index contributed by atoms with van der Waals surface area (Å²) in [6.07, 6.45) is 8.31. The molecule has 166 valence electrons. The summed E-state index contributed by atoms with van der Waals surface area (Å²) in [5.74, 6) is 0.609. The highest BCUT2D eigenvalue weighted by Gasteiger charge is 2.39. The maximum atomic E-state index is 12.0. The van der Waals surface area contributed by atoms with Crippen LogP contribution in [0.4, 0.5) is 5.95 Å². The lowest BCUT2D eigenvalue weighted by atomic mass is 9.73. The second-order valence-corrected chi connectivity index (χ2v) is 10.3. The molecule has 3 saturated heterocycles. The molecule has 0 aliphatic carbocycles. The largest absolute Gasteiger partial charge is 0.340 e. The quantitative estimate of drug-likeness (QED) is 0.519. The van der Waals surface area contributed by atoms with Crippen molar-refractivity contribution in [2.75, 3.05) is 31.1 Å². The zero-order valence-electron chi connectivity index (χ0n) is 18.2. The molecule has 7 heteroatoms. The Morgan fingerprint density at radius 2 is 1.84 bits per heavy atom. The minimum absolute atomic E-state index is 0.0113. The fourth-order valence-electron chi connectivity index (χ4n) is 5.27. The molecule has 2 aromatic rings. The van der Waals surface area contributed by atoms with Crippen LogP contribution in [-0.2, 0) is 16.1 Å². The second kappa shape index (κ2) is 9.16. The van der Waals surface area contributed by atoms with Gasteiger partial charge in [0.05, 0.1) is 17.0 Å². The first-order chi connectivity index (χ1) is 15.6. The maximum Gasteiger partial charge on any atom is 0.225 e. The predicted octanol–water partition coefficient (Wildman–Crippen LogP) is 3.93. The van der Waals surface area contributed by atoms with Crippen LogP contribution in [0.3, 0.4) is 0 Å².